The van der Waals surface area contributed by atoms with Gasteiger partial charge in [-0.25, -0.2) is 9.18 Å². The van der Waals surface area contributed by atoms with Gasteiger partial charge in [0.15, 0.2) is 0 Å². The monoisotopic (exact) mass is 341 g/mol. The molecule has 2 amide bonds. The van der Waals surface area contributed by atoms with Crippen LogP contribution >= 0.6 is 0 Å². The molecule has 1 atom stereocenters. The summed E-state index contributed by atoms with van der Waals surface area (Å²) in [5.41, 5.74) is 1.34. The molecule has 0 aliphatic carbocycles. The number of fused-ring (bicyclic) bond motifs is 1. The Labute approximate surface area is 144 Å². The van der Waals surface area contributed by atoms with E-state index < -0.39 is 24.0 Å². The third-order valence-corrected chi connectivity index (χ3v) is 3.95. The molecule has 25 heavy (non-hydrogen) atoms. The van der Waals surface area contributed by atoms with Gasteiger partial charge in [-0.3, -0.25) is 14.5 Å². The van der Waals surface area contributed by atoms with E-state index in [4.69, 9.17) is 4.74 Å². The first-order valence-corrected chi connectivity index (χ1v) is 7.88. The predicted octanol–water partition coefficient (Wildman–Crippen LogP) is 2.41. The Hall–Kier alpha value is -3.02. The minimum Gasteiger partial charge on any atom is -0.462 e. The number of benzene rings is 2. The van der Waals surface area contributed by atoms with Crippen molar-refractivity contribution >= 4 is 17.8 Å². The molecule has 2 aromatic carbocycles. The molecule has 1 aliphatic rings. The summed E-state index contributed by atoms with van der Waals surface area (Å²) >= 11 is 0. The molecule has 128 valence electrons. The number of rotatable bonds is 6. The van der Waals surface area contributed by atoms with E-state index in [1.165, 1.54) is 0 Å². The van der Waals surface area contributed by atoms with E-state index in [0.717, 1.165) is 4.90 Å². The Bertz CT molecular complexity index is 771. The van der Waals surface area contributed by atoms with E-state index in [1.54, 1.807) is 54.6 Å². The van der Waals surface area contributed by atoms with Crippen molar-refractivity contribution in [3.63, 3.8) is 0 Å². The molecule has 0 bridgehead atoms. The fraction of sp³-hybridized carbons (Fsp3) is 0.211. The van der Waals surface area contributed by atoms with Gasteiger partial charge in [0.1, 0.15) is 6.61 Å². The summed E-state index contributed by atoms with van der Waals surface area (Å²) < 4.78 is 18.8. The average Bonchev–Trinajstić information content (AvgIpc) is 2.87. The van der Waals surface area contributed by atoms with Crippen LogP contribution in [0.25, 0.3) is 0 Å². The van der Waals surface area contributed by atoms with Crippen molar-refractivity contribution < 1.29 is 23.5 Å². The molecular weight excluding hydrogens is 325 g/mol. The number of carbonyl (C=O) groups is 3. The summed E-state index contributed by atoms with van der Waals surface area (Å²) in [5.74, 6) is -1.86. The van der Waals surface area contributed by atoms with Gasteiger partial charge in [0.25, 0.3) is 11.8 Å². The van der Waals surface area contributed by atoms with Crippen LogP contribution in [0.5, 0.6) is 0 Å². The Morgan fingerprint density at radius 2 is 1.52 bits per heavy atom. The first-order valence-electron chi connectivity index (χ1n) is 7.88. The van der Waals surface area contributed by atoms with Crippen LogP contribution in [0.4, 0.5) is 4.39 Å². The van der Waals surface area contributed by atoms with Crippen molar-refractivity contribution in [2.75, 3.05) is 13.2 Å². The Kier molecular flexibility index (Phi) is 4.88. The van der Waals surface area contributed by atoms with Gasteiger partial charge >= 0.3 is 5.97 Å². The zero-order valence-electron chi connectivity index (χ0n) is 13.4. The lowest BCUT2D eigenvalue weighted by Crippen LogP contribution is -2.34. The number of halogens is 1. The van der Waals surface area contributed by atoms with Crippen LogP contribution in [0.2, 0.25) is 0 Å². The highest BCUT2D eigenvalue weighted by Gasteiger charge is 2.35. The van der Waals surface area contributed by atoms with Crippen LogP contribution in [-0.2, 0) is 16.0 Å². The third-order valence-electron chi connectivity index (χ3n) is 3.95. The highest BCUT2D eigenvalue weighted by molar-refractivity contribution is 6.21. The maximum atomic E-state index is 13.9. The molecule has 1 aliphatic heterocycles. The Morgan fingerprint density at radius 3 is 2.12 bits per heavy atom. The number of amides is 2. The van der Waals surface area contributed by atoms with E-state index in [2.05, 4.69) is 0 Å². The zero-order valence-corrected chi connectivity index (χ0v) is 13.4. The van der Waals surface area contributed by atoms with Crippen molar-refractivity contribution in [1.82, 2.24) is 4.90 Å². The first kappa shape index (κ1) is 16.8. The van der Waals surface area contributed by atoms with E-state index in [1.807, 2.05) is 0 Å². The molecule has 0 fully saturated rings. The third kappa shape index (κ3) is 3.57. The van der Waals surface area contributed by atoms with Gasteiger partial charge in [-0.15, -0.1) is 0 Å². The average molecular weight is 341 g/mol. The van der Waals surface area contributed by atoms with Crippen LogP contribution in [-0.4, -0.2) is 42.0 Å². The summed E-state index contributed by atoms with van der Waals surface area (Å²) in [5, 5.41) is 0. The van der Waals surface area contributed by atoms with Crippen LogP contribution in [0.1, 0.15) is 26.3 Å². The summed E-state index contributed by atoms with van der Waals surface area (Å²) in [6.45, 7) is -0.338. The van der Waals surface area contributed by atoms with E-state index >= 15 is 0 Å². The number of imide groups is 1. The molecule has 1 heterocycles. The molecule has 0 saturated carbocycles. The summed E-state index contributed by atoms with van der Waals surface area (Å²) in [6.07, 6.45) is -1.86. The van der Waals surface area contributed by atoms with Crippen molar-refractivity contribution in [2.45, 2.75) is 12.6 Å². The Balaban J connectivity index is 1.51. The maximum absolute atomic E-state index is 13.9. The molecule has 0 spiro atoms. The van der Waals surface area contributed by atoms with Gasteiger partial charge in [-0.05, 0) is 17.7 Å². The highest BCUT2D eigenvalue weighted by atomic mass is 19.1. The van der Waals surface area contributed by atoms with Gasteiger partial charge in [-0.1, -0.05) is 42.5 Å². The number of alkyl halides is 1. The van der Waals surface area contributed by atoms with Gasteiger partial charge in [-0.2, -0.15) is 0 Å². The standard InChI is InChI=1S/C19H16FNO4/c20-16(12-13-6-2-1-3-7-13)19(24)25-11-10-21-17(22)14-8-4-5-9-15(14)18(21)23/h1-9,16H,10-12H2/t16-/m0/s1. The smallest absolute Gasteiger partial charge is 0.341 e. The predicted molar refractivity (Wildman–Crippen MR) is 87.8 cm³/mol. The topological polar surface area (TPSA) is 63.7 Å². The lowest BCUT2D eigenvalue weighted by molar-refractivity contribution is -0.149. The van der Waals surface area contributed by atoms with Gasteiger partial charge < -0.3 is 4.74 Å². The fourth-order valence-corrected chi connectivity index (χ4v) is 2.67. The number of hydrogen-bond donors (Lipinski definition) is 0. The molecule has 6 heteroatoms. The SMILES string of the molecule is O=C(OCCN1C(=O)c2ccccc2C1=O)[C@@H](F)Cc1ccccc1. The summed E-state index contributed by atoms with van der Waals surface area (Å²) in [7, 11) is 0. The van der Waals surface area contributed by atoms with Crippen LogP contribution < -0.4 is 0 Å². The second kappa shape index (κ2) is 7.25. The van der Waals surface area contributed by atoms with E-state index in [-0.39, 0.29) is 19.6 Å². The maximum Gasteiger partial charge on any atom is 0.341 e. The van der Waals surface area contributed by atoms with Crippen molar-refractivity contribution in [3.8, 4) is 0 Å². The normalized spacial score (nSPS) is 14.4. The molecular formula is C19H16FNO4. The Morgan fingerprint density at radius 1 is 0.960 bits per heavy atom. The molecule has 3 rings (SSSR count). The number of ether oxygens (including phenoxy) is 1. The molecule has 0 aromatic heterocycles. The first-order chi connectivity index (χ1) is 12.1. The van der Waals surface area contributed by atoms with Gasteiger partial charge in [0.2, 0.25) is 6.17 Å². The lowest BCUT2D eigenvalue weighted by atomic mass is 10.1. The highest BCUT2D eigenvalue weighted by Crippen LogP contribution is 2.22. The second-order valence-electron chi connectivity index (χ2n) is 5.63. The summed E-state index contributed by atoms with van der Waals surface area (Å²) in [6, 6.07) is 15.2. The lowest BCUT2D eigenvalue weighted by Gasteiger charge is -2.14. The quantitative estimate of drug-likeness (QED) is 0.598. The second-order valence-corrected chi connectivity index (χ2v) is 5.63. The largest absolute Gasteiger partial charge is 0.462 e. The molecule has 0 N–H and O–H groups in total. The number of nitrogens with zero attached hydrogens (tertiary/aromatic N) is 1. The minimum atomic E-state index is -1.79. The van der Waals surface area contributed by atoms with Crippen LogP contribution in [0.3, 0.4) is 0 Å². The van der Waals surface area contributed by atoms with Crippen molar-refractivity contribution in [1.29, 1.82) is 0 Å². The molecule has 5 nitrogen and oxygen atoms in total. The van der Waals surface area contributed by atoms with Gasteiger partial charge in [0.05, 0.1) is 17.7 Å². The van der Waals surface area contributed by atoms with Crippen LogP contribution in [0, 0.1) is 0 Å². The molecule has 0 unspecified atom stereocenters. The number of esters is 1. The zero-order chi connectivity index (χ0) is 17.8. The number of carbonyl (C=O) groups excluding carboxylic acids is 3. The van der Waals surface area contributed by atoms with E-state index in [9.17, 15) is 18.8 Å². The van der Waals surface area contributed by atoms with E-state index in [0.29, 0.717) is 16.7 Å². The summed E-state index contributed by atoms with van der Waals surface area (Å²) in [4.78, 5) is 37.0. The molecule has 0 saturated heterocycles. The number of hydrogen-bond acceptors (Lipinski definition) is 4. The van der Waals surface area contributed by atoms with Crippen molar-refractivity contribution in [3.05, 3.63) is 71.3 Å². The molecule has 0 radical (unpaired) electrons. The molecule has 2 aromatic rings. The van der Waals surface area contributed by atoms with Crippen molar-refractivity contribution in [2.24, 2.45) is 0 Å². The van der Waals surface area contributed by atoms with Gasteiger partial charge in [0, 0.05) is 6.42 Å². The minimum absolute atomic E-state index is 0.0767. The fourth-order valence-electron chi connectivity index (χ4n) is 2.67. The van der Waals surface area contributed by atoms with Crippen LogP contribution in [0.15, 0.2) is 54.6 Å².